The molecule has 0 saturated carbocycles. The molecule has 1 radical (unpaired) electrons. The molecule has 0 aliphatic heterocycles. The second-order valence-electron chi connectivity index (χ2n) is 9.13. The molecule has 0 N–H and O–H groups in total. The van der Waals surface area contributed by atoms with Crippen molar-refractivity contribution in [2.24, 2.45) is 5.41 Å². The molecule has 0 bridgehead atoms. The first kappa shape index (κ1) is 22.3. The van der Waals surface area contributed by atoms with Gasteiger partial charge < -0.3 is 13.7 Å². The lowest BCUT2D eigenvalue weighted by molar-refractivity contribution is 0.0600. The van der Waals surface area contributed by atoms with Crippen molar-refractivity contribution in [3.05, 3.63) is 70.9 Å². The first-order valence-electron chi connectivity index (χ1n) is 10.3. The summed E-state index contributed by atoms with van der Waals surface area (Å²) in [7, 11) is 0.597. The fourth-order valence-corrected chi connectivity index (χ4v) is 4.94. The van der Waals surface area contributed by atoms with E-state index in [9.17, 15) is 4.79 Å². The van der Waals surface area contributed by atoms with E-state index >= 15 is 0 Å². The van der Waals surface area contributed by atoms with E-state index in [1.807, 2.05) is 19.1 Å². The molecule has 3 aromatic rings. The minimum atomic E-state index is -0.823. The molecule has 5 heteroatoms. The van der Waals surface area contributed by atoms with Gasteiger partial charge in [0.25, 0.3) is 0 Å². The number of methoxy groups -OCH3 is 1. The van der Waals surface area contributed by atoms with Gasteiger partial charge in [-0.05, 0) is 59.6 Å². The number of ether oxygens (including phenoxy) is 1. The predicted octanol–water partition coefficient (Wildman–Crippen LogP) is 6.14. The zero-order valence-corrected chi connectivity index (χ0v) is 20.1. The molecule has 159 valence electrons. The van der Waals surface area contributed by atoms with Gasteiger partial charge in [0, 0.05) is 12.7 Å². The fraction of sp³-hybridized carbons (Fsp3) is 0.400. The van der Waals surface area contributed by atoms with Gasteiger partial charge >= 0.3 is 5.97 Å². The smallest absolute Gasteiger partial charge is 0.338 e. The van der Waals surface area contributed by atoms with E-state index in [-0.39, 0.29) is 17.5 Å². The number of aromatic nitrogens is 1. The van der Waals surface area contributed by atoms with E-state index < -0.39 is 9.04 Å². The van der Waals surface area contributed by atoms with E-state index in [4.69, 9.17) is 9.16 Å². The highest BCUT2D eigenvalue weighted by Crippen LogP contribution is 2.37. The van der Waals surface area contributed by atoms with Crippen molar-refractivity contribution in [2.75, 3.05) is 7.11 Å². The third-order valence-corrected chi connectivity index (χ3v) is 6.04. The molecule has 4 nitrogen and oxygen atoms in total. The maximum atomic E-state index is 12.1. The van der Waals surface area contributed by atoms with E-state index in [1.54, 1.807) is 0 Å². The molecule has 2 aromatic carbocycles. The first-order chi connectivity index (χ1) is 14.1. The second-order valence-corrected chi connectivity index (χ2v) is 11.2. The minimum absolute atomic E-state index is 0.0205. The van der Waals surface area contributed by atoms with Crippen molar-refractivity contribution in [1.82, 2.24) is 4.57 Å². The Kier molecular flexibility index (Phi) is 6.53. The van der Waals surface area contributed by atoms with Crippen molar-refractivity contribution in [1.29, 1.82) is 0 Å². The van der Waals surface area contributed by atoms with Crippen molar-refractivity contribution < 1.29 is 14.0 Å². The summed E-state index contributed by atoms with van der Waals surface area (Å²) in [5.41, 5.74) is 5.08. The average Bonchev–Trinajstić information content (AvgIpc) is 3.08. The summed E-state index contributed by atoms with van der Waals surface area (Å²) >= 11 is 0. The van der Waals surface area contributed by atoms with Gasteiger partial charge in [-0.1, -0.05) is 51.1 Å². The van der Waals surface area contributed by atoms with Gasteiger partial charge in [0.05, 0.1) is 24.3 Å². The molecular formula is C25H32NO3Si. The number of nitrogens with zero attached hydrogens (tertiary/aromatic N) is 1. The zero-order chi connectivity index (χ0) is 22.1. The Bertz CT molecular complexity index is 1050. The molecule has 0 amide bonds. The summed E-state index contributed by atoms with van der Waals surface area (Å²) in [4.78, 5) is 12.1. The van der Waals surface area contributed by atoms with Crippen LogP contribution in [-0.4, -0.2) is 26.7 Å². The van der Waals surface area contributed by atoms with E-state index in [1.165, 1.54) is 18.2 Å². The maximum Gasteiger partial charge on any atom is 0.338 e. The largest absolute Gasteiger partial charge is 0.465 e. The lowest BCUT2D eigenvalue weighted by Crippen LogP contribution is -2.26. The summed E-state index contributed by atoms with van der Waals surface area (Å²) in [6.45, 7) is 13.8. The van der Waals surface area contributed by atoms with Crippen molar-refractivity contribution in [2.45, 2.75) is 53.4 Å². The predicted molar refractivity (Wildman–Crippen MR) is 124 cm³/mol. The zero-order valence-electron chi connectivity index (χ0n) is 19.1. The molecule has 0 fully saturated rings. The van der Waals surface area contributed by atoms with Crippen LogP contribution < -0.4 is 0 Å². The number of carbonyl (C=O) groups excluding carboxylic acids is 1. The number of esters is 1. The Hall–Kier alpha value is -2.37. The Morgan fingerprint density at radius 1 is 1.13 bits per heavy atom. The SMILES string of the molecule is COC(=O)c1ccc2ccn(Cc3cccc(C(O[Si](C)C)C(C)(C)C)c3)c2c1C. The number of carbonyl (C=O) groups is 1. The third-order valence-electron chi connectivity index (χ3n) is 5.34. The van der Waals surface area contributed by atoms with Crippen LogP contribution in [0.4, 0.5) is 0 Å². The number of benzene rings is 2. The highest BCUT2D eigenvalue weighted by molar-refractivity contribution is 6.48. The molecule has 0 spiro atoms. The Balaban J connectivity index is 1.98. The van der Waals surface area contributed by atoms with Crippen LogP contribution in [0.1, 0.15) is 53.9 Å². The second kappa shape index (κ2) is 8.78. The monoisotopic (exact) mass is 422 g/mol. The molecule has 0 aliphatic rings. The summed E-state index contributed by atoms with van der Waals surface area (Å²) in [5, 5.41) is 1.12. The first-order valence-corrected chi connectivity index (χ1v) is 12.7. The summed E-state index contributed by atoms with van der Waals surface area (Å²) in [6, 6.07) is 14.6. The fourth-order valence-electron chi connectivity index (χ4n) is 3.98. The van der Waals surface area contributed by atoms with Crippen molar-refractivity contribution >= 4 is 25.9 Å². The van der Waals surface area contributed by atoms with Gasteiger partial charge in [0.2, 0.25) is 9.04 Å². The molecule has 1 heterocycles. The Morgan fingerprint density at radius 3 is 2.50 bits per heavy atom. The van der Waals surface area contributed by atoms with E-state index in [0.717, 1.165) is 23.0 Å². The van der Waals surface area contributed by atoms with Crippen LogP contribution >= 0.6 is 0 Å². The molecule has 0 saturated heterocycles. The minimum Gasteiger partial charge on any atom is -0.465 e. The van der Waals surface area contributed by atoms with Gasteiger partial charge in [0.1, 0.15) is 0 Å². The van der Waals surface area contributed by atoms with Gasteiger partial charge in [-0.25, -0.2) is 4.79 Å². The molecule has 1 atom stereocenters. The van der Waals surface area contributed by atoms with Crippen LogP contribution in [0.2, 0.25) is 13.1 Å². The molecule has 0 aliphatic carbocycles. The molecule has 3 rings (SSSR count). The lowest BCUT2D eigenvalue weighted by atomic mass is 9.84. The number of hydrogen-bond acceptors (Lipinski definition) is 3. The highest BCUT2D eigenvalue weighted by atomic mass is 28.3. The van der Waals surface area contributed by atoms with Gasteiger partial charge in [-0.2, -0.15) is 0 Å². The van der Waals surface area contributed by atoms with E-state index in [0.29, 0.717) is 5.56 Å². The molecule has 30 heavy (non-hydrogen) atoms. The van der Waals surface area contributed by atoms with Crippen LogP contribution in [0, 0.1) is 12.3 Å². The molecule has 1 aromatic heterocycles. The van der Waals surface area contributed by atoms with Crippen LogP contribution in [0.3, 0.4) is 0 Å². The van der Waals surface area contributed by atoms with Crippen molar-refractivity contribution in [3.8, 4) is 0 Å². The number of aryl methyl sites for hydroxylation is 1. The van der Waals surface area contributed by atoms with Gasteiger partial charge in [-0.15, -0.1) is 0 Å². The summed E-state index contributed by atoms with van der Waals surface area (Å²) in [6.07, 6.45) is 2.15. The van der Waals surface area contributed by atoms with Crippen LogP contribution in [0.15, 0.2) is 48.7 Å². The summed E-state index contributed by atoms with van der Waals surface area (Å²) < 4.78 is 13.5. The van der Waals surface area contributed by atoms with Gasteiger partial charge in [0.15, 0.2) is 0 Å². The van der Waals surface area contributed by atoms with Crippen LogP contribution in [0.25, 0.3) is 10.9 Å². The topological polar surface area (TPSA) is 40.5 Å². The highest BCUT2D eigenvalue weighted by Gasteiger charge is 2.28. The Labute approximate surface area is 181 Å². The number of rotatable bonds is 6. The number of fused-ring (bicyclic) bond motifs is 1. The molecular weight excluding hydrogens is 390 g/mol. The Morgan fingerprint density at radius 2 is 1.87 bits per heavy atom. The number of hydrogen-bond donors (Lipinski definition) is 0. The molecule has 1 unspecified atom stereocenters. The standard InChI is InChI=1S/C25H32NO3Si/c1-17-21(24(27)28-5)12-11-19-13-14-26(22(17)19)16-18-9-8-10-20(15-18)23(25(2,3)4)29-30(6)7/h8-15,23H,16H2,1-7H3. The normalized spacial score (nSPS) is 13.1. The maximum absolute atomic E-state index is 12.1. The summed E-state index contributed by atoms with van der Waals surface area (Å²) in [5.74, 6) is -0.300. The van der Waals surface area contributed by atoms with E-state index in [2.05, 4.69) is 75.0 Å². The third kappa shape index (κ3) is 4.68. The van der Waals surface area contributed by atoms with Gasteiger partial charge in [-0.3, -0.25) is 0 Å². The van der Waals surface area contributed by atoms with Crippen molar-refractivity contribution in [3.63, 3.8) is 0 Å². The van der Waals surface area contributed by atoms with Crippen LogP contribution in [-0.2, 0) is 15.7 Å². The van der Waals surface area contributed by atoms with Crippen LogP contribution in [0.5, 0.6) is 0 Å². The lowest BCUT2D eigenvalue weighted by Gasteiger charge is -2.33. The average molecular weight is 423 g/mol. The quantitative estimate of drug-likeness (QED) is 0.354.